The third-order valence-electron chi connectivity index (χ3n) is 2.37. The van der Waals surface area contributed by atoms with Crippen LogP contribution in [0.25, 0.3) is 0 Å². The van der Waals surface area contributed by atoms with E-state index in [1.165, 1.54) is 0 Å². The van der Waals surface area contributed by atoms with Gasteiger partial charge in [-0.05, 0) is 13.0 Å². The number of aryl methyl sites for hydroxylation is 1. The van der Waals surface area contributed by atoms with Crippen LogP contribution in [0.15, 0.2) is 12.3 Å². The Hall–Kier alpha value is -1.29. The lowest BCUT2D eigenvalue weighted by molar-refractivity contribution is 0.113. The standard InChI is InChI=1S/C10H14N2O2/c1-7-3-9-10(4-11-7)14-8(6-13)5-12(9)2/h3-4,8,13H,5-6H2,1-2H3. The Morgan fingerprint density at radius 3 is 3.21 bits per heavy atom. The molecular formula is C10H14N2O2. The van der Waals surface area contributed by atoms with Crippen LogP contribution in [0.4, 0.5) is 5.69 Å². The van der Waals surface area contributed by atoms with Crippen molar-refractivity contribution in [2.24, 2.45) is 0 Å². The van der Waals surface area contributed by atoms with E-state index in [1.807, 2.05) is 20.0 Å². The van der Waals surface area contributed by atoms with Crippen molar-refractivity contribution in [1.82, 2.24) is 4.98 Å². The summed E-state index contributed by atoms with van der Waals surface area (Å²) in [5.74, 6) is 0.753. The lowest BCUT2D eigenvalue weighted by Crippen LogP contribution is -2.39. The van der Waals surface area contributed by atoms with E-state index < -0.39 is 0 Å². The summed E-state index contributed by atoms with van der Waals surface area (Å²) in [7, 11) is 1.99. The molecular weight excluding hydrogens is 180 g/mol. The molecule has 4 heteroatoms. The molecule has 0 spiro atoms. The van der Waals surface area contributed by atoms with Gasteiger partial charge in [-0.15, -0.1) is 0 Å². The Morgan fingerprint density at radius 2 is 2.50 bits per heavy atom. The van der Waals surface area contributed by atoms with Gasteiger partial charge in [-0.1, -0.05) is 0 Å². The first-order chi connectivity index (χ1) is 6.70. The zero-order valence-corrected chi connectivity index (χ0v) is 8.40. The maximum absolute atomic E-state index is 9.02. The van der Waals surface area contributed by atoms with Crippen LogP contribution in [-0.4, -0.2) is 36.4 Å². The van der Waals surface area contributed by atoms with E-state index in [0.29, 0.717) is 6.54 Å². The van der Waals surface area contributed by atoms with Crippen molar-refractivity contribution in [1.29, 1.82) is 0 Å². The summed E-state index contributed by atoms with van der Waals surface area (Å²) in [4.78, 5) is 6.24. The van der Waals surface area contributed by atoms with Crippen molar-refractivity contribution in [3.63, 3.8) is 0 Å². The molecule has 1 unspecified atom stereocenters. The Balaban J connectivity index is 2.35. The number of nitrogens with zero attached hydrogens (tertiary/aromatic N) is 2. The molecule has 76 valence electrons. The predicted octanol–water partition coefficient (Wildman–Crippen LogP) is 0.580. The number of hydrogen-bond donors (Lipinski definition) is 1. The van der Waals surface area contributed by atoms with Crippen LogP contribution in [0.5, 0.6) is 5.75 Å². The van der Waals surface area contributed by atoms with Gasteiger partial charge in [0.2, 0.25) is 0 Å². The van der Waals surface area contributed by atoms with Gasteiger partial charge in [0.1, 0.15) is 6.10 Å². The maximum atomic E-state index is 9.02. The van der Waals surface area contributed by atoms with Crippen molar-refractivity contribution >= 4 is 5.69 Å². The van der Waals surface area contributed by atoms with E-state index >= 15 is 0 Å². The first kappa shape index (κ1) is 9.27. The topological polar surface area (TPSA) is 45.6 Å². The van der Waals surface area contributed by atoms with E-state index in [1.54, 1.807) is 6.20 Å². The quantitative estimate of drug-likeness (QED) is 0.710. The normalized spacial score (nSPS) is 20.2. The number of ether oxygens (including phenoxy) is 1. The SMILES string of the molecule is Cc1cc2c(cn1)OC(CO)CN2C. The van der Waals surface area contributed by atoms with E-state index in [4.69, 9.17) is 9.84 Å². The van der Waals surface area contributed by atoms with Gasteiger partial charge < -0.3 is 14.7 Å². The van der Waals surface area contributed by atoms with Gasteiger partial charge in [-0.2, -0.15) is 0 Å². The summed E-state index contributed by atoms with van der Waals surface area (Å²) in [5, 5.41) is 9.02. The van der Waals surface area contributed by atoms with Crippen LogP contribution < -0.4 is 9.64 Å². The van der Waals surface area contributed by atoms with Crippen LogP contribution in [0.1, 0.15) is 5.69 Å². The lowest BCUT2D eigenvalue weighted by atomic mass is 10.2. The number of hydrogen-bond acceptors (Lipinski definition) is 4. The van der Waals surface area contributed by atoms with Gasteiger partial charge >= 0.3 is 0 Å². The highest BCUT2D eigenvalue weighted by molar-refractivity contribution is 5.59. The minimum atomic E-state index is -0.142. The number of aliphatic hydroxyl groups excluding tert-OH is 1. The molecule has 14 heavy (non-hydrogen) atoms. The van der Waals surface area contributed by atoms with Crippen LogP contribution in [0.3, 0.4) is 0 Å². The highest BCUT2D eigenvalue weighted by Gasteiger charge is 2.22. The second-order valence-electron chi connectivity index (χ2n) is 3.60. The summed E-state index contributed by atoms with van der Waals surface area (Å²) in [6.07, 6.45) is 1.57. The molecule has 2 rings (SSSR count). The van der Waals surface area contributed by atoms with Gasteiger partial charge in [0.15, 0.2) is 5.75 Å². The number of aliphatic hydroxyl groups is 1. The summed E-state index contributed by atoms with van der Waals surface area (Å²) in [5.41, 5.74) is 2.02. The number of aromatic nitrogens is 1. The van der Waals surface area contributed by atoms with Crippen molar-refractivity contribution in [2.75, 3.05) is 25.1 Å². The molecule has 1 atom stereocenters. The fourth-order valence-electron chi connectivity index (χ4n) is 1.64. The first-order valence-electron chi connectivity index (χ1n) is 4.66. The van der Waals surface area contributed by atoms with Gasteiger partial charge in [0.05, 0.1) is 25.0 Å². The molecule has 2 heterocycles. The predicted molar refractivity (Wildman–Crippen MR) is 53.7 cm³/mol. The molecule has 0 saturated heterocycles. The second kappa shape index (κ2) is 3.46. The number of rotatable bonds is 1. The highest BCUT2D eigenvalue weighted by Crippen LogP contribution is 2.31. The zero-order valence-electron chi connectivity index (χ0n) is 8.40. The number of fused-ring (bicyclic) bond motifs is 1. The molecule has 1 aromatic heterocycles. The molecule has 4 nitrogen and oxygen atoms in total. The zero-order chi connectivity index (χ0) is 10.1. The van der Waals surface area contributed by atoms with Gasteiger partial charge in [0, 0.05) is 12.7 Å². The number of pyridine rings is 1. The summed E-state index contributed by atoms with van der Waals surface area (Å²) < 4.78 is 5.55. The van der Waals surface area contributed by atoms with Crippen molar-refractivity contribution < 1.29 is 9.84 Å². The van der Waals surface area contributed by atoms with E-state index in [-0.39, 0.29) is 12.7 Å². The van der Waals surface area contributed by atoms with Crippen LogP contribution in [0.2, 0.25) is 0 Å². The molecule has 1 aliphatic rings. The first-order valence-corrected chi connectivity index (χ1v) is 4.66. The Kier molecular flexibility index (Phi) is 2.29. The van der Waals surface area contributed by atoms with Crippen LogP contribution >= 0.6 is 0 Å². The van der Waals surface area contributed by atoms with Crippen molar-refractivity contribution in [3.05, 3.63) is 18.0 Å². The average molecular weight is 194 g/mol. The Bertz CT molecular complexity index is 341. The van der Waals surface area contributed by atoms with Crippen molar-refractivity contribution in [2.45, 2.75) is 13.0 Å². The smallest absolute Gasteiger partial charge is 0.161 e. The average Bonchev–Trinajstić information content (AvgIpc) is 2.19. The summed E-state index contributed by atoms with van der Waals surface area (Å²) >= 11 is 0. The van der Waals surface area contributed by atoms with Crippen LogP contribution in [-0.2, 0) is 0 Å². The Morgan fingerprint density at radius 1 is 1.71 bits per heavy atom. The highest BCUT2D eigenvalue weighted by atomic mass is 16.5. The lowest BCUT2D eigenvalue weighted by Gasteiger charge is -2.32. The third-order valence-corrected chi connectivity index (χ3v) is 2.37. The fourth-order valence-corrected chi connectivity index (χ4v) is 1.64. The molecule has 1 N–H and O–H groups in total. The largest absolute Gasteiger partial charge is 0.482 e. The fraction of sp³-hybridized carbons (Fsp3) is 0.500. The molecule has 0 amide bonds. The molecule has 0 aliphatic carbocycles. The molecule has 0 bridgehead atoms. The van der Waals surface area contributed by atoms with Gasteiger partial charge in [-0.3, -0.25) is 4.98 Å². The van der Waals surface area contributed by atoms with Crippen molar-refractivity contribution in [3.8, 4) is 5.75 Å². The van der Waals surface area contributed by atoms with Gasteiger partial charge in [0.25, 0.3) is 0 Å². The number of anilines is 1. The molecule has 0 saturated carbocycles. The number of likely N-dealkylation sites (N-methyl/N-ethyl adjacent to an activating group) is 1. The van der Waals surface area contributed by atoms with E-state index in [0.717, 1.165) is 17.1 Å². The third kappa shape index (κ3) is 1.53. The minimum Gasteiger partial charge on any atom is -0.482 e. The molecule has 1 aliphatic heterocycles. The summed E-state index contributed by atoms with van der Waals surface area (Å²) in [6.45, 7) is 2.71. The van der Waals surface area contributed by atoms with E-state index in [2.05, 4.69) is 9.88 Å². The monoisotopic (exact) mass is 194 g/mol. The molecule has 1 aromatic rings. The molecule has 0 aromatic carbocycles. The molecule has 0 radical (unpaired) electrons. The van der Waals surface area contributed by atoms with Gasteiger partial charge in [-0.25, -0.2) is 0 Å². The Labute approximate surface area is 83.1 Å². The van der Waals surface area contributed by atoms with Crippen LogP contribution in [0, 0.1) is 6.92 Å². The maximum Gasteiger partial charge on any atom is 0.161 e. The molecule has 0 fully saturated rings. The van der Waals surface area contributed by atoms with E-state index in [9.17, 15) is 0 Å². The minimum absolute atomic E-state index is 0.0393. The summed E-state index contributed by atoms with van der Waals surface area (Å²) in [6, 6.07) is 1.99. The second-order valence-corrected chi connectivity index (χ2v) is 3.60.